The van der Waals surface area contributed by atoms with E-state index in [1.165, 1.54) is 0 Å². The summed E-state index contributed by atoms with van der Waals surface area (Å²) in [6, 6.07) is 6.00. The number of hydrogen-bond acceptors (Lipinski definition) is 2. The van der Waals surface area contributed by atoms with Gasteiger partial charge in [-0.1, -0.05) is 6.92 Å². The van der Waals surface area contributed by atoms with Crippen LogP contribution in [0.1, 0.15) is 38.8 Å². The quantitative estimate of drug-likeness (QED) is 0.891. The molecular formula is C13H19N3OS. The summed E-state index contributed by atoms with van der Waals surface area (Å²) in [6.45, 7) is 5.94. The summed E-state index contributed by atoms with van der Waals surface area (Å²) in [5.74, 6) is 0.229. The third kappa shape index (κ3) is 2.62. The number of rotatable bonds is 4. The summed E-state index contributed by atoms with van der Waals surface area (Å²) in [5.41, 5.74) is 3.01. The molecule has 0 amide bonds. The van der Waals surface area contributed by atoms with E-state index in [-0.39, 0.29) is 5.92 Å². The highest BCUT2D eigenvalue weighted by Crippen LogP contribution is 2.28. The first-order chi connectivity index (χ1) is 8.40. The van der Waals surface area contributed by atoms with E-state index in [0.717, 1.165) is 23.1 Å². The predicted molar refractivity (Wildman–Crippen MR) is 75.5 cm³/mol. The molecule has 98 valence electrons. The van der Waals surface area contributed by atoms with Crippen molar-refractivity contribution in [3.8, 4) is 0 Å². The topological polar surface area (TPSA) is 71.8 Å². The molecule has 0 aliphatic carbocycles. The molecule has 1 unspecified atom stereocenters. The van der Waals surface area contributed by atoms with E-state index in [2.05, 4.69) is 16.9 Å². The van der Waals surface area contributed by atoms with Gasteiger partial charge in [-0.3, -0.25) is 10.1 Å². The third-order valence-corrected chi connectivity index (χ3v) is 4.53. The average molecular weight is 265 g/mol. The largest absolute Gasteiger partial charge is 0.360 e. The molecule has 3 N–H and O–H groups in total. The Labute approximate surface area is 110 Å². The lowest BCUT2D eigenvalue weighted by Crippen LogP contribution is -2.33. The Bertz CT molecular complexity index is 576. The first kappa shape index (κ1) is 13.2. The summed E-state index contributed by atoms with van der Waals surface area (Å²) in [7, 11) is -1.32. The zero-order valence-corrected chi connectivity index (χ0v) is 11.8. The second kappa shape index (κ2) is 4.82. The molecule has 2 atom stereocenters. The van der Waals surface area contributed by atoms with Crippen molar-refractivity contribution in [1.82, 2.24) is 9.97 Å². The van der Waals surface area contributed by atoms with Crippen molar-refractivity contribution in [1.29, 1.82) is 0 Å². The summed E-state index contributed by atoms with van der Waals surface area (Å²) in [5, 5.41) is 5.52. The van der Waals surface area contributed by atoms with Crippen LogP contribution in [-0.4, -0.2) is 18.9 Å². The van der Waals surface area contributed by atoms with E-state index in [0.29, 0.717) is 0 Å². The number of nitrogens with two attached hydrogens (primary N) is 1. The van der Waals surface area contributed by atoms with Gasteiger partial charge in [0.25, 0.3) is 0 Å². The van der Waals surface area contributed by atoms with Gasteiger partial charge in [0.05, 0.1) is 26.8 Å². The highest BCUT2D eigenvalue weighted by molar-refractivity contribution is 7.84. The minimum atomic E-state index is -1.32. The van der Waals surface area contributed by atoms with Gasteiger partial charge in [-0.2, -0.15) is 0 Å². The van der Waals surface area contributed by atoms with Gasteiger partial charge < -0.3 is 4.98 Å². The maximum Gasteiger partial charge on any atom is 0.0945 e. The van der Waals surface area contributed by atoms with Gasteiger partial charge in [0.15, 0.2) is 0 Å². The molecule has 0 saturated carbocycles. The summed E-state index contributed by atoms with van der Waals surface area (Å²) in [4.78, 5) is 7.73. The lowest BCUT2D eigenvalue weighted by atomic mass is 9.95. The first-order valence-electron chi connectivity index (χ1n) is 6.00. The lowest BCUT2D eigenvalue weighted by molar-refractivity contribution is 0.534. The zero-order chi connectivity index (χ0) is 13.3. The molecule has 0 aromatic carbocycles. The van der Waals surface area contributed by atoms with Crippen LogP contribution in [0.5, 0.6) is 0 Å². The van der Waals surface area contributed by atoms with Crippen molar-refractivity contribution in [2.75, 3.05) is 0 Å². The second-order valence-corrected chi connectivity index (χ2v) is 7.01. The fourth-order valence-electron chi connectivity index (χ4n) is 2.15. The van der Waals surface area contributed by atoms with Crippen LogP contribution in [-0.2, 0) is 11.0 Å². The van der Waals surface area contributed by atoms with Gasteiger partial charge >= 0.3 is 0 Å². The van der Waals surface area contributed by atoms with Gasteiger partial charge in [0.2, 0.25) is 0 Å². The molecule has 0 aliphatic heterocycles. The molecule has 18 heavy (non-hydrogen) atoms. The normalized spacial score (nSPS) is 15.8. The molecule has 5 heteroatoms. The molecule has 0 spiro atoms. The maximum absolute atomic E-state index is 11.5. The fraction of sp³-hybridized carbons (Fsp3) is 0.462. The van der Waals surface area contributed by atoms with Crippen LogP contribution in [0.3, 0.4) is 0 Å². The number of pyridine rings is 1. The smallest absolute Gasteiger partial charge is 0.0945 e. The summed E-state index contributed by atoms with van der Waals surface area (Å²) >= 11 is 0. The van der Waals surface area contributed by atoms with Crippen molar-refractivity contribution in [3.63, 3.8) is 0 Å². The van der Waals surface area contributed by atoms with E-state index in [9.17, 15) is 4.21 Å². The van der Waals surface area contributed by atoms with Gasteiger partial charge in [-0.05, 0) is 44.4 Å². The molecule has 2 heterocycles. The van der Waals surface area contributed by atoms with E-state index in [1.54, 1.807) is 0 Å². The monoisotopic (exact) mass is 265 g/mol. The standard InChI is InChI=1S/C13H19N3OS/c1-9(8-13(2,3)18(14)17)10-4-5-11-12(16-10)6-7-15-11/h4-7,9,15H,8,14H2,1-3H3/t9-,18?/m0/s1. The zero-order valence-electron chi connectivity index (χ0n) is 10.9. The molecule has 2 rings (SSSR count). The Morgan fingerprint density at radius 3 is 2.83 bits per heavy atom. The van der Waals surface area contributed by atoms with Crippen molar-refractivity contribution < 1.29 is 4.21 Å². The Morgan fingerprint density at radius 2 is 2.17 bits per heavy atom. The molecule has 0 saturated heterocycles. The number of fused-ring (bicyclic) bond motifs is 1. The van der Waals surface area contributed by atoms with Crippen molar-refractivity contribution in [3.05, 3.63) is 30.1 Å². The van der Waals surface area contributed by atoms with E-state index >= 15 is 0 Å². The number of aromatic nitrogens is 2. The molecule has 0 bridgehead atoms. The van der Waals surface area contributed by atoms with Crippen molar-refractivity contribution >= 4 is 22.0 Å². The molecule has 4 nitrogen and oxygen atoms in total. The summed E-state index contributed by atoms with van der Waals surface area (Å²) < 4.78 is 11.1. The van der Waals surface area contributed by atoms with Crippen LogP contribution in [0.2, 0.25) is 0 Å². The van der Waals surface area contributed by atoms with Crippen LogP contribution in [0.15, 0.2) is 24.4 Å². The molecule has 0 aliphatic rings. The van der Waals surface area contributed by atoms with Crippen LogP contribution >= 0.6 is 0 Å². The Hall–Kier alpha value is -1.20. The third-order valence-electron chi connectivity index (χ3n) is 3.27. The molecule has 2 aromatic heterocycles. The first-order valence-corrected chi connectivity index (χ1v) is 7.22. The number of aromatic amines is 1. The number of nitrogens with zero attached hydrogens (tertiary/aromatic N) is 1. The number of nitrogens with one attached hydrogen (secondary N) is 1. The SMILES string of the molecule is C[C@@H](CC(C)(C)S(N)=O)c1ccc2[nH]ccc2n1. The number of H-pyrrole nitrogens is 1. The van der Waals surface area contributed by atoms with Crippen molar-refractivity contribution in [2.45, 2.75) is 37.9 Å². The molecule has 0 fully saturated rings. The fourth-order valence-corrected chi connectivity index (χ4v) is 2.56. The Kier molecular flexibility index (Phi) is 3.54. The number of hydrogen-bond donors (Lipinski definition) is 2. The van der Waals surface area contributed by atoms with Gasteiger partial charge in [-0.25, -0.2) is 4.21 Å². The summed E-state index contributed by atoms with van der Waals surface area (Å²) in [6.07, 6.45) is 2.63. The van der Waals surface area contributed by atoms with Crippen molar-refractivity contribution in [2.24, 2.45) is 5.14 Å². The molecule has 2 aromatic rings. The van der Waals surface area contributed by atoms with E-state index in [4.69, 9.17) is 5.14 Å². The van der Waals surface area contributed by atoms with Crippen LogP contribution < -0.4 is 5.14 Å². The minimum absolute atomic E-state index is 0.229. The van der Waals surface area contributed by atoms with Crippen LogP contribution in [0, 0.1) is 0 Å². The van der Waals surface area contributed by atoms with E-state index < -0.39 is 15.7 Å². The predicted octanol–water partition coefficient (Wildman–Crippen LogP) is 2.46. The highest BCUT2D eigenvalue weighted by atomic mass is 32.2. The second-order valence-electron chi connectivity index (χ2n) is 5.31. The molecular weight excluding hydrogens is 246 g/mol. The van der Waals surface area contributed by atoms with Crippen LogP contribution in [0.4, 0.5) is 0 Å². The lowest BCUT2D eigenvalue weighted by Gasteiger charge is -2.24. The Balaban J connectivity index is 2.22. The van der Waals surface area contributed by atoms with E-state index in [1.807, 2.05) is 38.2 Å². The molecule has 0 radical (unpaired) electrons. The van der Waals surface area contributed by atoms with Gasteiger partial charge in [0.1, 0.15) is 0 Å². The minimum Gasteiger partial charge on any atom is -0.360 e. The maximum atomic E-state index is 11.5. The highest BCUT2D eigenvalue weighted by Gasteiger charge is 2.27. The Morgan fingerprint density at radius 1 is 1.44 bits per heavy atom. The van der Waals surface area contributed by atoms with Gasteiger partial charge in [0, 0.05) is 11.9 Å². The average Bonchev–Trinajstić information content (AvgIpc) is 2.74. The van der Waals surface area contributed by atoms with Crippen LogP contribution in [0.25, 0.3) is 11.0 Å². The van der Waals surface area contributed by atoms with Gasteiger partial charge in [-0.15, -0.1) is 0 Å².